The quantitative estimate of drug-likeness (QED) is 0.222. The second-order valence-corrected chi connectivity index (χ2v) is 11.0. The van der Waals surface area contributed by atoms with Crippen molar-refractivity contribution in [3.63, 3.8) is 0 Å². The summed E-state index contributed by atoms with van der Waals surface area (Å²) in [6.45, 7) is 0. The number of para-hydroxylation sites is 2. The molecule has 0 aliphatic carbocycles. The molecule has 2 aromatic heterocycles. The van der Waals surface area contributed by atoms with E-state index in [1.165, 1.54) is 58.2 Å². The summed E-state index contributed by atoms with van der Waals surface area (Å²) in [6, 6.07) is 42.0. The molecule has 2 nitrogen and oxygen atoms in total. The summed E-state index contributed by atoms with van der Waals surface area (Å²) in [6.07, 6.45) is 0. The van der Waals surface area contributed by atoms with Crippen LogP contribution >= 0.6 is 0 Å². The molecule has 0 radical (unpaired) electrons. The molecule has 0 N–H and O–H groups in total. The van der Waals surface area contributed by atoms with Gasteiger partial charge in [0.15, 0.2) is 0 Å². The molecule has 0 fully saturated rings. The van der Waals surface area contributed by atoms with Gasteiger partial charge < -0.3 is 0 Å². The number of fused-ring (bicyclic) bond motifs is 6. The molecule has 0 bridgehead atoms. The number of rotatable bonds is 3. The summed E-state index contributed by atoms with van der Waals surface area (Å²) in [5, 5.41) is 5.38. The molecule has 5 aromatic carbocycles. The van der Waals surface area contributed by atoms with Gasteiger partial charge in [0, 0.05) is 0 Å². The Morgan fingerprint density at radius 2 is 1.12 bits per heavy atom. The number of hydrogen-bond donors (Lipinski definition) is 0. The van der Waals surface area contributed by atoms with E-state index in [9.17, 15) is 0 Å². The molecule has 0 aliphatic rings. The number of hydrogen-bond acceptors (Lipinski definition) is 1. The van der Waals surface area contributed by atoms with Gasteiger partial charge in [-0.3, -0.25) is 0 Å². The zero-order valence-electron chi connectivity index (χ0n) is 18.8. The van der Waals surface area contributed by atoms with Gasteiger partial charge in [0.25, 0.3) is 0 Å². The molecule has 7 aromatic rings. The van der Waals surface area contributed by atoms with E-state index in [4.69, 9.17) is 0 Å². The van der Waals surface area contributed by atoms with Gasteiger partial charge in [0.05, 0.1) is 0 Å². The van der Waals surface area contributed by atoms with E-state index in [-0.39, 0.29) is 0 Å². The molecule has 0 spiro atoms. The molecular formula is C31H22N2Se. The number of aryl methyl sites for hydroxylation is 1. The van der Waals surface area contributed by atoms with Crippen LogP contribution in [0.4, 0.5) is 17.1 Å². The zero-order chi connectivity index (χ0) is 22.6. The first-order chi connectivity index (χ1) is 16.8. The summed E-state index contributed by atoms with van der Waals surface area (Å²) >= 11 is 0.337. The second kappa shape index (κ2) is 7.63. The number of nitrogens with zero attached hydrogens (tertiary/aromatic N) is 2. The van der Waals surface area contributed by atoms with Crippen LogP contribution in [-0.2, 0) is 7.05 Å². The number of anilines is 3. The summed E-state index contributed by atoms with van der Waals surface area (Å²) in [5.41, 5.74) is 6.06. The first-order valence-electron chi connectivity index (χ1n) is 11.5. The van der Waals surface area contributed by atoms with E-state index >= 15 is 0 Å². The van der Waals surface area contributed by atoms with Crippen LogP contribution in [0.2, 0.25) is 0 Å². The van der Waals surface area contributed by atoms with Crippen molar-refractivity contribution in [3.05, 3.63) is 115 Å². The van der Waals surface area contributed by atoms with Crippen molar-refractivity contribution in [2.75, 3.05) is 4.90 Å². The third kappa shape index (κ3) is 2.95. The van der Waals surface area contributed by atoms with Crippen molar-refractivity contribution in [3.8, 4) is 0 Å². The average molecular weight is 501 g/mol. The molecule has 0 saturated carbocycles. The van der Waals surface area contributed by atoms with Crippen LogP contribution in [0, 0.1) is 0 Å². The normalized spacial score (nSPS) is 11.7. The molecule has 0 saturated heterocycles. The van der Waals surface area contributed by atoms with E-state index in [0.29, 0.717) is 14.5 Å². The second-order valence-electron chi connectivity index (χ2n) is 8.73. The topological polar surface area (TPSA) is 8.17 Å². The summed E-state index contributed by atoms with van der Waals surface area (Å²) < 4.78 is 5.24. The SMILES string of the molecule is Cn1c2ccccc2c2ccc(N(c3ccccc3)c3ccc4c(c3)[se]c3ccccc34)cc21. The molecule has 2 heterocycles. The third-order valence-corrected chi connectivity index (χ3v) is 9.17. The van der Waals surface area contributed by atoms with Crippen molar-refractivity contribution in [1.29, 1.82) is 0 Å². The minimum absolute atomic E-state index is 0.337. The van der Waals surface area contributed by atoms with Gasteiger partial charge in [-0.15, -0.1) is 0 Å². The Bertz CT molecular complexity index is 1830. The standard InChI is InChI=1S/C31H22N2Se/c1-32-28-13-7-5-11-24(28)25-17-15-22(19-29(25)32)33(21-9-3-2-4-10-21)23-16-18-27-26-12-6-8-14-30(26)34-31(27)20-23/h2-20H,1H3. The van der Waals surface area contributed by atoms with Crippen LogP contribution in [-0.4, -0.2) is 19.1 Å². The molecule has 162 valence electrons. The van der Waals surface area contributed by atoms with Crippen LogP contribution in [0.3, 0.4) is 0 Å². The Labute approximate surface area is 204 Å². The van der Waals surface area contributed by atoms with Crippen molar-refractivity contribution >= 4 is 72.7 Å². The monoisotopic (exact) mass is 502 g/mol. The Morgan fingerprint density at radius 1 is 0.500 bits per heavy atom. The Morgan fingerprint density at radius 3 is 1.97 bits per heavy atom. The fraction of sp³-hybridized carbons (Fsp3) is 0.0323. The van der Waals surface area contributed by atoms with Crippen LogP contribution in [0.1, 0.15) is 0 Å². The van der Waals surface area contributed by atoms with Crippen LogP contribution in [0.5, 0.6) is 0 Å². The Balaban J connectivity index is 1.46. The molecule has 0 unspecified atom stereocenters. The first-order valence-corrected chi connectivity index (χ1v) is 13.2. The van der Waals surface area contributed by atoms with Gasteiger partial charge in [-0.25, -0.2) is 0 Å². The number of aromatic nitrogens is 1. The molecule has 0 aliphatic heterocycles. The zero-order valence-corrected chi connectivity index (χ0v) is 20.5. The summed E-state index contributed by atoms with van der Waals surface area (Å²) in [7, 11) is 2.16. The van der Waals surface area contributed by atoms with Crippen LogP contribution in [0.25, 0.3) is 41.1 Å². The van der Waals surface area contributed by atoms with E-state index in [2.05, 4.69) is 132 Å². The fourth-order valence-corrected chi connectivity index (χ4v) is 7.56. The van der Waals surface area contributed by atoms with Crippen molar-refractivity contribution in [2.45, 2.75) is 0 Å². The van der Waals surface area contributed by atoms with Crippen molar-refractivity contribution in [1.82, 2.24) is 4.57 Å². The van der Waals surface area contributed by atoms with Gasteiger partial charge in [0.1, 0.15) is 0 Å². The minimum atomic E-state index is 0.337. The molecular weight excluding hydrogens is 479 g/mol. The fourth-order valence-electron chi connectivity index (χ4n) is 5.17. The van der Waals surface area contributed by atoms with E-state index in [1.807, 2.05) is 0 Å². The molecule has 7 rings (SSSR count). The number of benzene rings is 5. The van der Waals surface area contributed by atoms with Gasteiger partial charge >= 0.3 is 204 Å². The molecule has 34 heavy (non-hydrogen) atoms. The third-order valence-electron chi connectivity index (χ3n) is 6.79. The van der Waals surface area contributed by atoms with Crippen LogP contribution < -0.4 is 4.90 Å². The summed E-state index contributed by atoms with van der Waals surface area (Å²) in [4.78, 5) is 2.39. The maximum atomic E-state index is 2.40. The predicted molar refractivity (Wildman–Crippen MR) is 147 cm³/mol. The maximum absolute atomic E-state index is 2.40. The van der Waals surface area contributed by atoms with Crippen LogP contribution in [0.15, 0.2) is 115 Å². The van der Waals surface area contributed by atoms with E-state index < -0.39 is 0 Å². The van der Waals surface area contributed by atoms with Crippen molar-refractivity contribution < 1.29 is 0 Å². The van der Waals surface area contributed by atoms with Gasteiger partial charge in [-0.05, 0) is 0 Å². The molecule has 0 amide bonds. The molecule has 0 atom stereocenters. The van der Waals surface area contributed by atoms with Crippen molar-refractivity contribution in [2.24, 2.45) is 7.05 Å². The van der Waals surface area contributed by atoms with Gasteiger partial charge in [-0.1, -0.05) is 0 Å². The van der Waals surface area contributed by atoms with E-state index in [0.717, 1.165) is 0 Å². The first kappa shape index (κ1) is 19.7. The van der Waals surface area contributed by atoms with Gasteiger partial charge in [0.2, 0.25) is 0 Å². The Kier molecular flexibility index (Phi) is 4.41. The predicted octanol–water partition coefficient (Wildman–Crippen LogP) is 8.16. The van der Waals surface area contributed by atoms with E-state index in [1.54, 1.807) is 0 Å². The average Bonchev–Trinajstić information content (AvgIpc) is 3.40. The molecule has 3 heteroatoms. The van der Waals surface area contributed by atoms with Gasteiger partial charge in [-0.2, -0.15) is 0 Å². The summed E-state index contributed by atoms with van der Waals surface area (Å²) in [5.74, 6) is 0. The Hall–Kier alpha value is -3.78.